The van der Waals surface area contributed by atoms with Crippen LogP contribution in [0.4, 0.5) is 4.39 Å². The molecule has 0 aliphatic rings. The lowest BCUT2D eigenvalue weighted by Crippen LogP contribution is -2.26. The van der Waals surface area contributed by atoms with Gasteiger partial charge in [-0.15, -0.1) is 0 Å². The molecule has 0 radical (unpaired) electrons. The number of nitrogens with one attached hydrogen (secondary N) is 1. The minimum absolute atomic E-state index is 0.0202. The molecule has 0 fully saturated rings. The van der Waals surface area contributed by atoms with Crippen LogP contribution in [0.15, 0.2) is 35.5 Å². The largest absolute Gasteiger partial charge is 0.337 e. The van der Waals surface area contributed by atoms with Crippen molar-refractivity contribution in [1.82, 2.24) is 14.3 Å². The third-order valence-electron chi connectivity index (χ3n) is 2.91. The molecule has 1 aromatic carbocycles. The first-order valence-corrected chi connectivity index (χ1v) is 7.37. The highest BCUT2D eigenvalue weighted by atomic mass is 32.2. The van der Waals surface area contributed by atoms with Gasteiger partial charge in [0.2, 0.25) is 10.0 Å². The predicted molar refractivity (Wildman–Crippen MR) is 71.5 cm³/mol. The second-order valence-electron chi connectivity index (χ2n) is 4.20. The van der Waals surface area contributed by atoms with E-state index in [0.29, 0.717) is 5.82 Å². The number of hydrogen-bond acceptors (Lipinski definition) is 4. The zero-order valence-electron chi connectivity index (χ0n) is 10.9. The summed E-state index contributed by atoms with van der Waals surface area (Å²) in [6.07, 6.45) is 3.27. The van der Waals surface area contributed by atoms with Crippen molar-refractivity contribution in [2.24, 2.45) is 12.8 Å². The van der Waals surface area contributed by atoms with Gasteiger partial charge in [-0.2, -0.15) is 0 Å². The highest BCUT2D eigenvalue weighted by Gasteiger charge is 2.20. The zero-order chi connectivity index (χ0) is 14.8. The van der Waals surface area contributed by atoms with Gasteiger partial charge in [-0.05, 0) is 12.1 Å². The number of aromatic nitrogens is 2. The molecule has 3 N–H and O–H groups in total. The third kappa shape index (κ3) is 2.87. The minimum atomic E-state index is -3.84. The van der Waals surface area contributed by atoms with Crippen LogP contribution in [0.5, 0.6) is 0 Å². The van der Waals surface area contributed by atoms with Gasteiger partial charge in [0.1, 0.15) is 11.6 Å². The van der Waals surface area contributed by atoms with Gasteiger partial charge in [0.25, 0.3) is 0 Å². The molecule has 1 aromatic heterocycles. The molecule has 0 bridgehead atoms. The summed E-state index contributed by atoms with van der Waals surface area (Å²) in [6.45, 7) is -0.169. The number of imidazole rings is 1. The van der Waals surface area contributed by atoms with Crippen LogP contribution >= 0.6 is 0 Å². The SMILES string of the molecule is Cn1ccnc1CNS(=O)(=O)c1cccc(F)c1CN. The lowest BCUT2D eigenvalue weighted by atomic mass is 10.2. The molecule has 0 aliphatic carbocycles. The predicted octanol–water partition coefficient (Wildman–Crippen LogP) is 0.496. The summed E-state index contributed by atoms with van der Waals surface area (Å²) in [5.74, 6) is -0.0772. The van der Waals surface area contributed by atoms with Crippen LogP contribution in [-0.2, 0) is 30.2 Å². The van der Waals surface area contributed by atoms with Gasteiger partial charge >= 0.3 is 0 Å². The highest BCUT2D eigenvalue weighted by Crippen LogP contribution is 2.18. The van der Waals surface area contributed by atoms with Crippen LogP contribution in [0.1, 0.15) is 11.4 Å². The Balaban J connectivity index is 2.27. The van der Waals surface area contributed by atoms with E-state index in [2.05, 4.69) is 9.71 Å². The van der Waals surface area contributed by atoms with Gasteiger partial charge in [-0.1, -0.05) is 6.07 Å². The third-order valence-corrected chi connectivity index (χ3v) is 4.40. The topological polar surface area (TPSA) is 90.0 Å². The van der Waals surface area contributed by atoms with Crippen molar-refractivity contribution < 1.29 is 12.8 Å². The first-order chi connectivity index (χ1) is 9.45. The Bertz CT molecular complexity index is 712. The Kier molecular flexibility index (Phi) is 4.17. The summed E-state index contributed by atoms with van der Waals surface area (Å²) in [6, 6.07) is 3.84. The quantitative estimate of drug-likeness (QED) is 0.841. The fraction of sp³-hybridized carbons (Fsp3) is 0.250. The van der Waals surface area contributed by atoms with Gasteiger partial charge in [0.15, 0.2) is 0 Å². The van der Waals surface area contributed by atoms with Gasteiger partial charge < -0.3 is 10.3 Å². The monoisotopic (exact) mass is 298 g/mol. The molecule has 2 rings (SSSR count). The number of sulfonamides is 1. The second kappa shape index (κ2) is 5.70. The number of nitrogens with two attached hydrogens (primary N) is 1. The molecule has 1 heterocycles. The standard InChI is InChI=1S/C12H15FN4O2S/c1-17-6-5-15-12(17)8-16-20(18,19)11-4-2-3-10(13)9(11)7-14/h2-6,16H,7-8,14H2,1H3. The fourth-order valence-electron chi connectivity index (χ4n) is 1.79. The number of nitrogens with zero attached hydrogens (tertiary/aromatic N) is 2. The lowest BCUT2D eigenvalue weighted by molar-refractivity contribution is 0.568. The van der Waals surface area contributed by atoms with Crippen LogP contribution in [-0.4, -0.2) is 18.0 Å². The van der Waals surface area contributed by atoms with Crippen molar-refractivity contribution in [2.45, 2.75) is 18.0 Å². The smallest absolute Gasteiger partial charge is 0.241 e. The summed E-state index contributed by atoms with van der Waals surface area (Å²) in [4.78, 5) is 3.87. The average Bonchev–Trinajstić information content (AvgIpc) is 2.82. The number of hydrogen-bond donors (Lipinski definition) is 2. The molecule has 6 nitrogen and oxygen atoms in total. The molecule has 8 heteroatoms. The molecule has 0 saturated carbocycles. The molecule has 20 heavy (non-hydrogen) atoms. The van der Waals surface area contributed by atoms with Crippen molar-refractivity contribution in [2.75, 3.05) is 0 Å². The molecule has 0 unspecified atom stereocenters. The molecule has 0 amide bonds. The van der Waals surface area contributed by atoms with E-state index in [-0.39, 0.29) is 23.5 Å². The normalized spacial score (nSPS) is 11.8. The Morgan fingerprint density at radius 1 is 1.45 bits per heavy atom. The first-order valence-electron chi connectivity index (χ1n) is 5.89. The van der Waals surface area contributed by atoms with Crippen LogP contribution < -0.4 is 10.5 Å². The minimum Gasteiger partial charge on any atom is -0.337 e. The maximum absolute atomic E-state index is 13.6. The fourth-order valence-corrected chi connectivity index (χ4v) is 3.03. The van der Waals surface area contributed by atoms with E-state index >= 15 is 0 Å². The first kappa shape index (κ1) is 14.6. The number of benzene rings is 1. The van der Waals surface area contributed by atoms with Gasteiger partial charge in [-0.25, -0.2) is 22.5 Å². The van der Waals surface area contributed by atoms with Crippen LogP contribution in [0, 0.1) is 5.82 Å². The van der Waals surface area contributed by atoms with E-state index in [1.807, 2.05) is 0 Å². The van der Waals surface area contributed by atoms with Gasteiger partial charge in [-0.3, -0.25) is 0 Å². The maximum atomic E-state index is 13.6. The van der Waals surface area contributed by atoms with E-state index in [1.54, 1.807) is 24.0 Å². The van der Waals surface area contributed by atoms with Crippen molar-refractivity contribution >= 4 is 10.0 Å². The second-order valence-corrected chi connectivity index (χ2v) is 5.93. The van der Waals surface area contributed by atoms with E-state index in [1.165, 1.54) is 18.2 Å². The zero-order valence-corrected chi connectivity index (χ0v) is 11.7. The highest BCUT2D eigenvalue weighted by molar-refractivity contribution is 7.89. The van der Waals surface area contributed by atoms with Crippen LogP contribution in [0.3, 0.4) is 0 Å². The van der Waals surface area contributed by atoms with Crippen molar-refractivity contribution in [1.29, 1.82) is 0 Å². The van der Waals surface area contributed by atoms with E-state index < -0.39 is 15.8 Å². The van der Waals surface area contributed by atoms with Crippen molar-refractivity contribution in [3.05, 3.63) is 47.8 Å². The molecule has 108 valence electrons. The van der Waals surface area contributed by atoms with E-state index in [9.17, 15) is 12.8 Å². The summed E-state index contributed by atoms with van der Waals surface area (Å²) in [5.41, 5.74) is 5.39. The molecular formula is C12H15FN4O2S. The Hall–Kier alpha value is -1.77. The molecular weight excluding hydrogens is 283 g/mol. The Morgan fingerprint density at radius 3 is 2.80 bits per heavy atom. The van der Waals surface area contributed by atoms with E-state index in [0.717, 1.165) is 0 Å². The van der Waals surface area contributed by atoms with Crippen molar-refractivity contribution in [3.8, 4) is 0 Å². The maximum Gasteiger partial charge on any atom is 0.241 e. The summed E-state index contributed by atoms with van der Waals surface area (Å²) in [5, 5.41) is 0. The summed E-state index contributed by atoms with van der Waals surface area (Å²) >= 11 is 0. The molecule has 2 aromatic rings. The number of rotatable bonds is 5. The Morgan fingerprint density at radius 2 is 2.20 bits per heavy atom. The van der Waals surface area contributed by atoms with Gasteiger partial charge in [0.05, 0.1) is 11.4 Å². The molecule has 0 saturated heterocycles. The Labute approximate surface area is 116 Å². The molecule has 0 atom stereocenters. The van der Waals surface area contributed by atoms with E-state index in [4.69, 9.17) is 5.73 Å². The van der Waals surface area contributed by atoms with Crippen LogP contribution in [0.25, 0.3) is 0 Å². The molecule has 0 spiro atoms. The summed E-state index contributed by atoms with van der Waals surface area (Å²) < 4.78 is 42.0. The van der Waals surface area contributed by atoms with Crippen LogP contribution in [0.2, 0.25) is 0 Å². The number of halogens is 1. The molecule has 0 aliphatic heterocycles. The summed E-state index contributed by atoms with van der Waals surface area (Å²) in [7, 11) is -2.09. The van der Waals surface area contributed by atoms with Crippen molar-refractivity contribution in [3.63, 3.8) is 0 Å². The van der Waals surface area contributed by atoms with Gasteiger partial charge in [0, 0.05) is 31.5 Å². The average molecular weight is 298 g/mol. The lowest BCUT2D eigenvalue weighted by Gasteiger charge is -2.11. The number of aryl methyl sites for hydroxylation is 1.